The molecule has 1 aromatic carbocycles. The van der Waals surface area contributed by atoms with Crippen LogP contribution in [0.3, 0.4) is 0 Å². The molecule has 17 heavy (non-hydrogen) atoms. The van der Waals surface area contributed by atoms with Gasteiger partial charge in [0.15, 0.2) is 0 Å². The molecule has 1 aromatic heterocycles. The molecule has 0 atom stereocenters. The van der Waals surface area contributed by atoms with Gasteiger partial charge in [-0.05, 0) is 49.1 Å². The summed E-state index contributed by atoms with van der Waals surface area (Å²) in [6.07, 6.45) is 2.32. The van der Waals surface area contributed by atoms with E-state index in [1.54, 1.807) is 0 Å². The molecule has 88 valence electrons. The molecular formula is C12H11Cl2N3. The third-order valence-corrected chi connectivity index (χ3v) is 3.66. The molecule has 0 N–H and O–H groups in total. The Morgan fingerprint density at radius 2 is 2.00 bits per heavy atom. The Balaban J connectivity index is 2.13. The van der Waals surface area contributed by atoms with E-state index in [0.29, 0.717) is 11.2 Å². The van der Waals surface area contributed by atoms with Crippen molar-refractivity contribution in [3.63, 3.8) is 0 Å². The molecule has 1 heterocycles. The van der Waals surface area contributed by atoms with Gasteiger partial charge in [0.2, 0.25) is 5.28 Å². The van der Waals surface area contributed by atoms with Gasteiger partial charge < -0.3 is 0 Å². The number of aryl methyl sites for hydroxylation is 1. The Kier molecular flexibility index (Phi) is 2.60. The van der Waals surface area contributed by atoms with Crippen LogP contribution in [0.4, 0.5) is 0 Å². The van der Waals surface area contributed by atoms with Gasteiger partial charge in [-0.2, -0.15) is 0 Å². The van der Waals surface area contributed by atoms with Crippen molar-refractivity contribution in [1.29, 1.82) is 0 Å². The summed E-state index contributed by atoms with van der Waals surface area (Å²) in [5.41, 5.74) is 1.98. The first-order chi connectivity index (χ1) is 8.16. The largest absolute Gasteiger partial charge is 0.269 e. The van der Waals surface area contributed by atoms with Crippen molar-refractivity contribution in [2.45, 2.75) is 25.7 Å². The highest BCUT2D eigenvalue weighted by molar-refractivity contribution is 6.31. The van der Waals surface area contributed by atoms with E-state index >= 15 is 0 Å². The molecule has 3 nitrogen and oxygen atoms in total. The van der Waals surface area contributed by atoms with Crippen LogP contribution in [0, 0.1) is 6.92 Å². The van der Waals surface area contributed by atoms with Crippen molar-refractivity contribution in [3.05, 3.63) is 39.9 Å². The molecule has 2 aromatic rings. The number of nitrogens with zero attached hydrogens (tertiary/aromatic N) is 3. The summed E-state index contributed by atoms with van der Waals surface area (Å²) < 4.78 is 1.88. The first-order valence-electron chi connectivity index (χ1n) is 5.54. The molecule has 0 unspecified atom stereocenters. The van der Waals surface area contributed by atoms with Crippen LogP contribution in [0.15, 0.2) is 18.2 Å². The summed E-state index contributed by atoms with van der Waals surface area (Å²) >= 11 is 12.2. The van der Waals surface area contributed by atoms with Crippen LogP contribution in [0.1, 0.15) is 30.1 Å². The average Bonchev–Trinajstić information content (AvgIpc) is 3.07. The zero-order chi connectivity index (χ0) is 12.0. The lowest BCUT2D eigenvalue weighted by molar-refractivity contribution is 0.871. The molecule has 0 amide bonds. The van der Waals surface area contributed by atoms with Crippen LogP contribution >= 0.6 is 23.2 Å². The van der Waals surface area contributed by atoms with Crippen LogP contribution in [0.5, 0.6) is 0 Å². The fourth-order valence-electron chi connectivity index (χ4n) is 1.84. The number of hydrogen-bond donors (Lipinski definition) is 0. The van der Waals surface area contributed by atoms with Crippen molar-refractivity contribution in [2.24, 2.45) is 0 Å². The van der Waals surface area contributed by atoms with Gasteiger partial charge in [0.05, 0.1) is 5.69 Å². The van der Waals surface area contributed by atoms with E-state index in [-0.39, 0.29) is 0 Å². The molecule has 1 aliphatic carbocycles. The normalized spacial score (nSPS) is 15.2. The van der Waals surface area contributed by atoms with Gasteiger partial charge in [-0.3, -0.25) is 4.57 Å². The van der Waals surface area contributed by atoms with Crippen LogP contribution in [-0.2, 0) is 0 Å². The molecule has 1 aliphatic rings. The van der Waals surface area contributed by atoms with Gasteiger partial charge in [0.25, 0.3) is 0 Å². The van der Waals surface area contributed by atoms with E-state index < -0.39 is 0 Å². The second kappa shape index (κ2) is 4.00. The molecule has 0 radical (unpaired) electrons. The van der Waals surface area contributed by atoms with Gasteiger partial charge in [0.1, 0.15) is 5.82 Å². The lowest BCUT2D eigenvalue weighted by atomic mass is 10.2. The van der Waals surface area contributed by atoms with Gasteiger partial charge in [-0.15, -0.1) is 10.2 Å². The van der Waals surface area contributed by atoms with Crippen molar-refractivity contribution >= 4 is 23.2 Å². The molecule has 0 bridgehead atoms. The highest BCUT2D eigenvalue weighted by atomic mass is 35.5. The van der Waals surface area contributed by atoms with Crippen LogP contribution in [0.2, 0.25) is 10.3 Å². The first kappa shape index (κ1) is 11.1. The smallest absolute Gasteiger partial charge is 0.229 e. The molecular weight excluding hydrogens is 257 g/mol. The third-order valence-electron chi connectivity index (χ3n) is 3.00. The highest BCUT2D eigenvalue weighted by Crippen LogP contribution is 2.40. The van der Waals surface area contributed by atoms with Crippen molar-refractivity contribution < 1.29 is 0 Å². The molecule has 1 fully saturated rings. The second-order valence-electron chi connectivity index (χ2n) is 4.37. The van der Waals surface area contributed by atoms with Crippen molar-refractivity contribution in [1.82, 2.24) is 14.8 Å². The Morgan fingerprint density at radius 3 is 2.65 bits per heavy atom. The summed E-state index contributed by atoms with van der Waals surface area (Å²) in [4.78, 5) is 0. The molecule has 3 rings (SSSR count). The third kappa shape index (κ3) is 1.94. The van der Waals surface area contributed by atoms with E-state index in [4.69, 9.17) is 23.2 Å². The summed E-state index contributed by atoms with van der Waals surface area (Å²) in [6, 6.07) is 5.87. The Bertz CT molecular complexity index is 573. The number of rotatable bonds is 2. The van der Waals surface area contributed by atoms with Crippen LogP contribution < -0.4 is 0 Å². The van der Waals surface area contributed by atoms with Gasteiger partial charge in [-0.25, -0.2) is 0 Å². The fourth-order valence-corrected chi connectivity index (χ4v) is 2.24. The maximum atomic E-state index is 6.13. The van der Waals surface area contributed by atoms with Gasteiger partial charge >= 0.3 is 0 Å². The summed E-state index contributed by atoms with van der Waals surface area (Å²) in [7, 11) is 0. The lowest BCUT2D eigenvalue weighted by Gasteiger charge is -2.08. The van der Waals surface area contributed by atoms with E-state index in [1.165, 1.54) is 0 Å². The quantitative estimate of drug-likeness (QED) is 0.830. The minimum absolute atomic E-state index is 0.395. The van der Waals surface area contributed by atoms with Crippen molar-refractivity contribution in [2.75, 3.05) is 0 Å². The number of aromatic nitrogens is 3. The summed E-state index contributed by atoms with van der Waals surface area (Å²) in [6.45, 7) is 1.97. The van der Waals surface area contributed by atoms with E-state index in [9.17, 15) is 0 Å². The Hall–Kier alpha value is -1.06. The number of hydrogen-bond acceptors (Lipinski definition) is 2. The second-order valence-corrected chi connectivity index (χ2v) is 5.12. The van der Waals surface area contributed by atoms with Gasteiger partial charge in [0, 0.05) is 10.9 Å². The van der Waals surface area contributed by atoms with E-state index in [0.717, 1.165) is 34.9 Å². The van der Waals surface area contributed by atoms with E-state index in [2.05, 4.69) is 10.2 Å². The highest BCUT2D eigenvalue weighted by Gasteiger charge is 2.30. The first-order valence-corrected chi connectivity index (χ1v) is 6.30. The van der Waals surface area contributed by atoms with Crippen LogP contribution in [0.25, 0.3) is 5.69 Å². The number of halogens is 2. The molecule has 0 saturated heterocycles. The monoisotopic (exact) mass is 267 g/mol. The fraction of sp³-hybridized carbons (Fsp3) is 0.333. The maximum Gasteiger partial charge on any atom is 0.229 e. The van der Waals surface area contributed by atoms with Crippen LogP contribution in [-0.4, -0.2) is 14.8 Å². The Morgan fingerprint density at radius 1 is 1.24 bits per heavy atom. The lowest BCUT2D eigenvalue weighted by Crippen LogP contribution is -2.00. The standard InChI is InChI=1S/C12H11Cl2N3/c1-7-2-5-9(6-10(7)13)17-11(8-3-4-8)15-16-12(17)14/h2,5-6,8H,3-4H2,1H3. The van der Waals surface area contributed by atoms with Gasteiger partial charge in [-0.1, -0.05) is 17.7 Å². The zero-order valence-corrected chi connectivity index (χ0v) is 10.8. The Labute approximate surface area is 109 Å². The minimum atomic E-state index is 0.395. The topological polar surface area (TPSA) is 30.7 Å². The molecule has 0 spiro atoms. The zero-order valence-electron chi connectivity index (χ0n) is 9.32. The summed E-state index contributed by atoms with van der Waals surface area (Å²) in [5, 5.41) is 9.21. The number of benzene rings is 1. The molecule has 1 saturated carbocycles. The SMILES string of the molecule is Cc1ccc(-n2c(Cl)nnc2C2CC2)cc1Cl. The van der Waals surface area contributed by atoms with E-state index in [1.807, 2.05) is 29.7 Å². The van der Waals surface area contributed by atoms with Crippen molar-refractivity contribution in [3.8, 4) is 5.69 Å². The minimum Gasteiger partial charge on any atom is -0.269 e. The maximum absolute atomic E-state index is 6.13. The predicted molar refractivity (Wildman–Crippen MR) is 68.1 cm³/mol. The summed E-state index contributed by atoms with van der Waals surface area (Å²) in [5.74, 6) is 1.44. The average molecular weight is 268 g/mol. The molecule has 5 heteroatoms. The predicted octanol–water partition coefficient (Wildman–Crippen LogP) is 3.76. The molecule has 0 aliphatic heterocycles.